The van der Waals surface area contributed by atoms with Crippen molar-refractivity contribution in [2.75, 3.05) is 26.2 Å². The third kappa shape index (κ3) is 5.15. The summed E-state index contributed by atoms with van der Waals surface area (Å²) in [5, 5.41) is 15.2. The van der Waals surface area contributed by atoms with Crippen LogP contribution < -0.4 is 0 Å². The number of nitro benzene ring substituents is 1. The van der Waals surface area contributed by atoms with E-state index in [1.807, 2.05) is 38.1 Å². The Kier molecular flexibility index (Phi) is 6.60. The molecule has 0 saturated carbocycles. The number of hydrogen-bond donors (Lipinski definition) is 0. The Balaban J connectivity index is 1.34. The molecule has 0 bridgehead atoms. The number of rotatable bonds is 6. The maximum absolute atomic E-state index is 12.6. The number of piperazine rings is 1. The fourth-order valence-electron chi connectivity index (χ4n) is 3.77. The smallest absolute Gasteiger partial charge is 0.276 e. The number of aromatic nitrogens is 2. The zero-order valence-corrected chi connectivity index (χ0v) is 18.5. The molecule has 0 N–H and O–H groups in total. The molecule has 1 aromatic heterocycles. The standard InChI is InChI=1S/C24H25N5O4/c1-17-7-9-20(10-8-17)23-25-24(33-26-23)18(2)27-13-15-28(16-14-27)22(30)12-11-19-5-3-4-6-21(19)29(31)32/h3-12,18H,13-16H2,1-2H3/b12-11+. The lowest BCUT2D eigenvalue weighted by Crippen LogP contribution is -2.48. The van der Waals surface area contributed by atoms with Gasteiger partial charge in [0.2, 0.25) is 17.6 Å². The van der Waals surface area contributed by atoms with Gasteiger partial charge in [0, 0.05) is 43.9 Å². The summed E-state index contributed by atoms with van der Waals surface area (Å²) in [5.41, 5.74) is 2.46. The van der Waals surface area contributed by atoms with Crippen molar-refractivity contribution in [1.82, 2.24) is 19.9 Å². The van der Waals surface area contributed by atoms with Crippen LogP contribution in [0.25, 0.3) is 17.5 Å². The molecule has 1 unspecified atom stereocenters. The molecule has 1 fully saturated rings. The van der Waals surface area contributed by atoms with Crippen molar-refractivity contribution in [3.8, 4) is 11.4 Å². The van der Waals surface area contributed by atoms with Crippen molar-refractivity contribution in [3.63, 3.8) is 0 Å². The van der Waals surface area contributed by atoms with Crippen LogP contribution in [0.4, 0.5) is 5.69 Å². The third-order valence-electron chi connectivity index (χ3n) is 5.82. The van der Waals surface area contributed by atoms with Crippen LogP contribution in [-0.2, 0) is 4.79 Å². The van der Waals surface area contributed by atoms with Gasteiger partial charge < -0.3 is 9.42 Å². The summed E-state index contributed by atoms with van der Waals surface area (Å²) in [6.07, 6.45) is 2.90. The molecule has 1 saturated heterocycles. The molecule has 0 radical (unpaired) electrons. The average Bonchev–Trinajstić information content (AvgIpc) is 3.33. The van der Waals surface area contributed by atoms with Crippen LogP contribution >= 0.6 is 0 Å². The fraction of sp³-hybridized carbons (Fsp3) is 0.292. The number of benzene rings is 2. The van der Waals surface area contributed by atoms with E-state index in [-0.39, 0.29) is 17.6 Å². The van der Waals surface area contributed by atoms with Gasteiger partial charge in [0.15, 0.2) is 0 Å². The highest BCUT2D eigenvalue weighted by Crippen LogP contribution is 2.24. The zero-order chi connectivity index (χ0) is 23.4. The van der Waals surface area contributed by atoms with E-state index in [2.05, 4.69) is 15.0 Å². The highest BCUT2D eigenvalue weighted by Gasteiger charge is 2.27. The minimum Gasteiger partial charge on any atom is -0.337 e. The van der Waals surface area contributed by atoms with Crippen LogP contribution in [0.3, 0.4) is 0 Å². The molecule has 1 atom stereocenters. The number of aryl methyl sites for hydroxylation is 1. The Morgan fingerprint density at radius 3 is 2.52 bits per heavy atom. The van der Waals surface area contributed by atoms with Crippen molar-refractivity contribution in [1.29, 1.82) is 0 Å². The first-order valence-electron chi connectivity index (χ1n) is 10.8. The van der Waals surface area contributed by atoms with Gasteiger partial charge in [0.25, 0.3) is 5.69 Å². The molecule has 2 aromatic carbocycles. The lowest BCUT2D eigenvalue weighted by Gasteiger charge is -2.36. The number of amides is 1. The van der Waals surface area contributed by atoms with Gasteiger partial charge in [-0.3, -0.25) is 19.8 Å². The van der Waals surface area contributed by atoms with Crippen molar-refractivity contribution in [2.45, 2.75) is 19.9 Å². The van der Waals surface area contributed by atoms with Crippen LogP contribution in [0.2, 0.25) is 0 Å². The first-order chi connectivity index (χ1) is 15.9. The lowest BCUT2D eigenvalue weighted by atomic mass is 10.1. The summed E-state index contributed by atoms with van der Waals surface area (Å²) in [4.78, 5) is 31.8. The second-order valence-corrected chi connectivity index (χ2v) is 8.01. The second kappa shape index (κ2) is 9.74. The molecular formula is C24H25N5O4. The number of carbonyl (C=O) groups is 1. The maximum atomic E-state index is 12.6. The van der Waals surface area contributed by atoms with Crippen molar-refractivity contribution < 1.29 is 14.2 Å². The third-order valence-corrected chi connectivity index (χ3v) is 5.82. The van der Waals surface area contributed by atoms with Crippen LogP contribution in [0.1, 0.15) is 30.0 Å². The van der Waals surface area contributed by atoms with Crippen LogP contribution in [0.15, 0.2) is 59.1 Å². The van der Waals surface area contributed by atoms with E-state index in [4.69, 9.17) is 4.52 Å². The molecule has 9 heteroatoms. The van der Waals surface area contributed by atoms with Gasteiger partial charge >= 0.3 is 0 Å². The van der Waals surface area contributed by atoms with Crippen molar-refractivity contribution in [3.05, 3.63) is 81.7 Å². The van der Waals surface area contributed by atoms with Gasteiger partial charge in [0.1, 0.15) is 0 Å². The SMILES string of the molecule is Cc1ccc(-c2noc(C(C)N3CCN(C(=O)/C=C/c4ccccc4[N+](=O)[O-])CC3)n2)cc1. The molecule has 9 nitrogen and oxygen atoms in total. The Morgan fingerprint density at radius 2 is 1.82 bits per heavy atom. The minimum absolute atomic E-state index is 0.0234. The van der Waals surface area contributed by atoms with Gasteiger partial charge in [-0.05, 0) is 26.0 Å². The average molecular weight is 447 g/mol. The van der Waals surface area contributed by atoms with Gasteiger partial charge in [-0.2, -0.15) is 4.98 Å². The Morgan fingerprint density at radius 1 is 1.12 bits per heavy atom. The molecule has 0 spiro atoms. The zero-order valence-electron chi connectivity index (χ0n) is 18.5. The summed E-state index contributed by atoms with van der Waals surface area (Å²) in [5.74, 6) is 0.937. The number of hydrogen-bond acceptors (Lipinski definition) is 7. The summed E-state index contributed by atoms with van der Waals surface area (Å²) < 4.78 is 5.51. The highest BCUT2D eigenvalue weighted by molar-refractivity contribution is 5.92. The first kappa shape index (κ1) is 22.3. The van der Waals surface area contributed by atoms with Crippen LogP contribution in [0, 0.1) is 17.0 Å². The van der Waals surface area contributed by atoms with E-state index in [1.165, 1.54) is 23.8 Å². The molecule has 3 aromatic rings. The van der Waals surface area contributed by atoms with E-state index >= 15 is 0 Å². The van der Waals surface area contributed by atoms with Crippen LogP contribution in [0.5, 0.6) is 0 Å². The fourth-order valence-corrected chi connectivity index (χ4v) is 3.77. The molecule has 1 aliphatic rings. The molecule has 1 amide bonds. The summed E-state index contributed by atoms with van der Waals surface area (Å²) in [6, 6.07) is 14.2. The Hall–Kier alpha value is -3.85. The Bertz CT molecular complexity index is 1160. The topological polar surface area (TPSA) is 106 Å². The Labute approximate surface area is 191 Å². The van der Waals surface area contributed by atoms with E-state index in [1.54, 1.807) is 23.1 Å². The molecule has 33 heavy (non-hydrogen) atoms. The molecule has 170 valence electrons. The summed E-state index contributed by atoms with van der Waals surface area (Å²) >= 11 is 0. The first-order valence-corrected chi connectivity index (χ1v) is 10.8. The van der Waals surface area contributed by atoms with E-state index in [9.17, 15) is 14.9 Å². The number of nitro groups is 1. The predicted molar refractivity (Wildman–Crippen MR) is 123 cm³/mol. The molecular weight excluding hydrogens is 422 g/mol. The van der Waals surface area contributed by atoms with E-state index in [0.29, 0.717) is 43.5 Å². The lowest BCUT2D eigenvalue weighted by molar-refractivity contribution is -0.385. The summed E-state index contributed by atoms with van der Waals surface area (Å²) in [7, 11) is 0. The van der Waals surface area contributed by atoms with Crippen molar-refractivity contribution >= 4 is 17.7 Å². The normalized spacial score (nSPS) is 15.6. The van der Waals surface area contributed by atoms with E-state index < -0.39 is 4.92 Å². The predicted octanol–water partition coefficient (Wildman–Crippen LogP) is 3.87. The maximum Gasteiger partial charge on any atom is 0.276 e. The molecule has 0 aliphatic carbocycles. The van der Waals surface area contributed by atoms with Crippen molar-refractivity contribution in [2.24, 2.45) is 0 Å². The largest absolute Gasteiger partial charge is 0.337 e. The quantitative estimate of drug-likeness (QED) is 0.321. The highest BCUT2D eigenvalue weighted by atomic mass is 16.6. The number of nitrogens with zero attached hydrogens (tertiary/aromatic N) is 5. The minimum atomic E-state index is -0.452. The van der Waals surface area contributed by atoms with Gasteiger partial charge in [-0.1, -0.05) is 47.1 Å². The molecule has 4 rings (SSSR count). The van der Waals surface area contributed by atoms with Crippen LogP contribution in [-0.4, -0.2) is 56.9 Å². The van der Waals surface area contributed by atoms with Gasteiger partial charge in [-0.25, -0.2) is 0 Å². The summed E-state index contributed by atoms with van der Waals surface area (Å²) in [6.45, 7) is 6.45. The van der Waals surface area contributed by atoms with E-state index in [0.717, 1.165) is 5.56 Å². The second-order valence-electron chi connectivity index (χ2n) is 8.01. The molecule has 1 aliphatic heterocycles. The number of para-hydroxylation sites is 1. The van der Waals surface area contributed by atoms with Gasteiger partial charge in [-0.15, -0.1) is 0 Å². The number of carbonyl (C=O) groups excluding carboxylic acids is 1. The monoisotopic (exact) mass is 447 g/mol. The molecule has 2 heterocycles. The van der Waals surface area contributed by atoms with Gasteiger partial charge in [0.05, 0.1) is 16.5 Å².